The summed E-state index contributed by atoms with van der Waals surface area (Å²) in [7, 11) is 0. The molecule has 2 aromatic rings. The third kappa shape index (κ3) is 4.86. The predicted molar refractivity (Wildman–Crippen MR) is 188 cm³/mol. The van der Waals surface area contributed by atoms with E-state index >= 15 is 0 Å². The Hall–Kier alpha value is -2.70. The number of aliphatic hydroxyl groups is 1. The molecule has 260 valence electrons. The number of hydrogen-bond donors (Lipinski definition) is 2. The summed E-state index contributed by atoms with van der Waals surface area (Å²) in [5.74, 6) is 2.29. The molecule has 6 nitrogen and oxygen atoms in total. The Kier molecular flexibility index (Phi) is 7.91. The number of benzene rings is 2. The van der Waals surface area contributed by atoms with Crippen molar-refractivity contribution in [2.45, 2.75) is 129 Å². The van der Waals surface area contributed by atoms with Gasteiger partial charge in [-0.15, -0.1) is 0 Å². The lowest BCUT2D eigenvalue weighted by Crippen LogP contribution is -2.57. The molecule has 2 aromatic carbocycles. The van der Waals surface area contributed by atoms with Crippen LogP contribution in [0.3, 0.4) is 0 Å². The maximum Gasteiger partial charge on any atom is 0.245 e. The summed E-state index contributed by atoms with van der Waals surface area (Å²) in [6.45, 7) is 9.66. The minimum Gasteiger partial charge on any atom is -0.393 e. The van der Waals surface area contributed by atoms with E-state index in [4.69, 9.17) is 4.74 Å². The monoisotopic (exact) mass is 654 g/mol. The molecule has 8 rings (SSSR count). The third-order valence-electron chi connectivity index (χ3n) is 15.5. The van der Waals surface area contributed by atoms with Crippen LogP contribution >= 0.6 is 0 Å². The van der Waals surface area contributed by atoms with Crippen LogP contribution in [-0.2, 0) is 27.4 Å². The molecule has 6 heteroatoms. The maximum atomic E-state index is 14.2. The highest BCUT2D eigenvalue weighted by molar-refractivity contribution is 5.87. The molecule has 0 radical (unpaired) electrons. The Morgan fingerprint density at radius 1 is 0.875 bits per heavy atom. The molecule has 1 heterocycles. The van der Waals surface area contributed by atoms with Gasteiger partial charge in [0, 0.05) is 21.4 Å². The van der Waals surface area contributed by atoms with Gasteiger partial charge in [-0.25, -0.2) is 0 Å². The van der Waals surface area contributed by atoms with E-state index in [9.17, 15) is 14.7 Å². The second-order valence-corrected chi connectivity index (χ2v) is 17.6. The van der Waals surface area contributed by atoms with E-state index in [1.54, 1.807) is 11.8 Å². The van der Waals surface area contributed by atoms with Crippen LogP contribution in [0, 0.1) is 45.3 Å². The van der Waals surface area contributed by atoms with Gasteiger partial charge in [0.15, 0.2) is 0 Å². The zero-order valence-electron chi connectivity index (χ0n) is 29.5. The van der Waals surface area contributed by atoms with Gasteiger partial charge in [0.25, 0.3) is 0 Å². The first-order valence-electron chi connectivity index (χ1n) is 19.0. The zero-order valence-corrected chi connectivity index (χ0v) is 29.5. The van der Waals surface area contributed by atoms with Gasteiger partial charge >= 0.3 is 0 Å². The molecule has 0 bridgehead atoms. The van der Waals surface area contributed by atoms with Crippen molar-refractivity contribution in [2.24, 2.45) is 45.3 Å². The average molecular weight is 655 g/mol. The van der Waals surface area contributed by atoms with E-state index in [1.165, 1.54) is 38.5 Å². The number of amides is 2. The number of nitrogens with zero attached hydrogens (tertiary/aromatic N) is 1. The zero-order chi connectivity index (χ0) is 33.5. The van der Waals surface area contributed by atoms with Crippen molar-refractivity contribution in [3.63, 3.8) is 0 Å². The average Bonchev–Trinajstić information content (AvgIpc) is 3.66. The molecule has 6 fully saturated rings. The highest BCUT2D eigenvalue weighted by Crippen LogP contribution is 2.87. The quantitative estimate of drug-likeness (QED) is 0.324. The molecule has 2 amide bonds. The standard InChI is InChI=1S/C42H56N2O4.H2/c1-27(45)44(25-29-13-9-6-10-14-29)37(38(47)43-24-28-11-7-5-8-12-28)33-17-15-31-34(48-33)23-32-30-16-18-35-39(2,3)36(46)19-20-42(35)26-41(30,42)22-21-40(31,32)4;/h5-14,30-37,46H,15-26H2,1-4H3,(H,43,47);1H/t30?,31?,32?,33?,34?,35?,36-,37?,40?,41-,42?;/m0./s1. The van der Waals surface area contributed by atoms with Gasteiger partial charge < -0.3 is 20.1 Å². The summed E-state index contributed by atoms with van der Waals surface area (Å²) < 4.78 is 7.16. The van der Waals surface area contributed by atoms with E-state index in [0.717, 1.165) is 42.7 Å². The van der Waals surface area contributed by atoms with Crippen molar-refractivity contribution >= 4 is 11.8 Å². The van der Waals surface area contributed by atoms with Gasteiger partial charge in [0.1, 0.15) is 6.04 Å². The fraction of sp³-hybridized carbons (Fsp3) is 0.667. The van der Waals surface area contributed by atoms with E-state index in [-0.39, 0.29) is 42.4 Å². The normalized spacial score (nSPS) is 41.0. The fourth-order valence-corrected chi connectivity index (χ4v) is 13.1. The SMILES string of the molecule is CC(=O)N(Cc1ccccc1)C(C(=O)NCc1ccccc1)C1CCC2C(CC3C4CCC5C(C)(C)[C@@H](O)CCC56C[C@@]46CCC23C)O1.[HH]. The number of carbonyl (C=O) groups is 2. The molecule has 0 aromatic heterocycles. The lowest BCUT2D eigenvalue weighted by molar-refractivity contribution is -0.159. The Morgan fingerprint density at radius 3 is 2.27 bits per heavy atom. The summed E-state index contributed by atoms with van der Waals surface area (Å²) in [6, 6.07) is 19.3. The summed E-state index contributed by atoms with van der Waals surface area (Å²) >= 11 is 0. The first-order chi connectivity index (χ1) is 23.0. The molecule has 1 saturated heterocycles. The van der Waals surface area contributed by atoms with Crippen LogP contribution in [0.4, 0.5) is 0 Å². The van der Waals surface area contributed by atoms with Crippen molar-refractivity contribution in [3.8, 4) is 0 Å². The van der Waals surface area contributed by atoms with Crippen LogP contribution in [0.5, 0.6) is 0 Å². The van der Waals surface area contributed by atoms with Gasteiger partial charge in [0.2, 0.25) is 11.8 Å². The number of fused-ring (bicyclic) bond motifs is 4. The molecule has 5 aliphatic carbocycles. The van der Waals surface area contributed by atoms with E-state index in [0.29, 0.717) is 41.7 Å². The van der Waals surface area contributed by atoms with Crippen molar-refractivity contribution in [2.75, 3.05) is 0 Å². The number of ether oxygens (including phenoxy) is 1. The van der Waals surface area contributed by atoms with Gasteiger partial charge in [-0.1, -0.05) is 81.4 Å². The Bertz CT molecular complexity index is 1540. The topological polar surface area (TPSA) is 78.9 Å². The van der Waals surface area contributed by atoms with Gasteiger partial charge in [-0.3, -0.25) is 9.59 Å². The molecule has 2 spiro atoms. The first kappa shape index (κ1) is 32.5. The summed E-state index contributed by atoms with van der Waals surface area (Å²) in [5.41, 5.74) is 3.20. The molecule has 11 atom stereocenters. The number of aliphatic hydroxyl groups excluding tert-OH is 1. The highest BCUT2D eigenvalue weighted by Gasteiger charge is 2.80. The smallest absolute Gasteiger partial charge is 0.245 e. The highest BCUT2D eigenvalue weighted by atomic mass is 16.5. The molecular weight excluding hydrogens is 596 g/mol. The van der Waals surface area contributed by atoms with Gasteiger partial charge in [-0.05, 0) is 121 Å². The molecule has 48 heavy (non-hydrogen) atoms. The Morgan fingerprint density at radius 2 is 1.56 bits per heavy atom. The molecule has 9 unspecified atom stereocenters. The number of rotatable bonds is 7. The lowest BCUT2D eigenvalue weighted by atomic mass is 9.46. The third-order valence-corrected chi connectivity index (χ3v) is 15.5. The summed E-state index contributed by atoms with van der Waals surface area (Å²) in [4.78, 5) is 29.3. The van der Waals surface area contributed by atoms with Crippen molar-refractivity contribution < 1.29 is 20.9 Å². The fourth-order valence-electron chi connectivity index (χ4n) is 13.1. The van der Waals surface area contributed by atoms with Crippen LogP contribution in [-0.4, -0.2) is 46.2 Å². The predicted octanol–water partition coefficient (Wildman–Crippen LogP) is 7.53. The number of nitrogens with one attached hydrogen (secondary N) is 1. The molecule has 1 aliphatic heterocycles. The number of carbonyl (C=O) groups excluding carboxylic acids is 2. The maximum absolute atomic E-state index is 14.2. The first-order valence-corrected chi connectivity index (χ1v) is 19.0. The summed E-state index contributed by atoms with van der Waals surface area (Å²) in [6.07, 6.45) is 11.2. The second-order valence-electron chi connectivity index (χ2n) is 17.6. The van der Waals surface area contributed by atoms with Crippen LogP contribution in [0.1, 0.15) is 104 Å². The minimum atomic E-state index is -0.688. The van der Waals surface area contributed by atoms with Crippen LogP contribution in [0.15, 0.2) is 60.7 Å². The Labute approximate surface area is 288 Å². The second kappa shape index (κ2) is 11.7. The van der Waals surface area contributed by atoms with Crippen molar-refractivity contribution in [1.82, 2.24) is 10.2 Å². The summed E-state index contributed by atoms with van der Waals surface area (Å²) in [5, 5.41) is 14.2. The van der Waals surface area contributed by atoms with Crippen molar-refractivity contribution in [1.29, 1.82) is 0 Å². The molecule has 6 aliphatic rings. The largest absolute Gasteiger partial charge is 0.393 e. The van der Waals surface area contributed by atoms with Gasteiger partial charge in [-0.2, -0.15) is 0 Å². The molecule has 2 N–H and O–H groups in total. The van der Waals surface area contributed by atoms with Crippen LogP contribution in [0.2, 0.25) is 0 Å². The van der Waals surface area contributed by atoms with Crippen LogP contribution < -0.4 is 5.32 Å². The lowest BCUT2D eigenvalue weighted by Gasteiger charge is -2.59. The van der Waals surface area contributed by atoms with E-state index in [2.05, 4.69) is 26.1 Å². The van der Waals surface area contributed by atoms with Crippen LogP contribution in [0.25, 0.3) is 0 Å². The van der Waals surface area contributed by atoms with Gasteiger partial charge in [0.05, 0.1) is 18.3 Å². The van der Waals surface area contributed by atoms with E-state index < -0.39 is 6.04 Å². The molecule has 5 saturated carbocycles. The molecular formula is C42H58N2O4. The number of hydrogen-bond acceptors (Lipinski definition) is 4. The minimum absolute atomic E-state index is 0. The Balaban J connectivity index is 0.00000378. The van der Waals surface area contributed by atoms with Crippen molar-refractivity contribution in [3.05, 3.63) is 71.8 Å². The van der Waals surface area contributed by atoms with E-state index in [1.807, 2.05) is 60.7 Å².